The number of aromatic nitrogens is 2. The van der Waals surface area contributed by atoms with Crippen LogP contribution in [-0.2, 0) is 20.2 Å². The molecular weight excluding hydrogens is 456 g/mol. The van der Waals surface area contributed by atoms with Gasteiger partial charge in [-0.2, -0.15) is 16.8 Å². The molecule has 0 aliphatic carbocycles. The molecule has 3 aromatic rings. The summed E-state index contributed by atoms with van der Waals surface area (Å²) in [5.41, 5.74) is -2.69. The fourth-order valence-corrected chi connectivity index (χ4v) is 3.58. The van der Waals surface area contributed by atoms with Crippen LogP contribution in [0.2, 0.25) is 0 Å². The lowest BCUT2D eigenvalue weighted by Gasteiger charge is -2.02. The lowest BCUT2D eigenvalue weighted by atomic mass is 10.3. The predicted octanol–water partition coefficient (Wildman–Crippen LogP) is 1.77. The Bertz CT molecular complexity index is 1470. The van der Waals surface area contributed by atoms with Crippen LogP contribution in [0.4, 0.5) is 11.4 Å². The van der Waals surface area contributed by atoms with E-state index in [-0.39, 0.29) is 11.4 Å². The summed E-state index contributed by atoms with van der Waals surface area (Å²) in [6, 6.07) is 9.13. The van der Waals surface area contributed by atoms with Gasteiger partial charge < -0.3 is 5.11 Å². The second-order valence-electron chi connectivity index (χ2n) is 5.89. The average molecular weight is 468 g/mol. The van der Waals surface area contributed by atoms with Crippen LogP contribution in [0, 0.1) is 0 Å². The van der Waals surface area contributed by atoms with Gasteiger partial charge in [0.1, 0.15) is 10.6 Å². The summed E-state index contributed by atoms with van der Waals surface area (Å²) in [5.74, 6) is -1.58. The van der Waals surface area contributed by atoms with Gasteiger partial charge in [0.15, 0.2) is 11.4 Å². The van der Waals surface area contributed by atoms with Crippen molar-refractivity contribution >= 4 is 37.6 Å². The Labute approximate surface area is 173 Å². The lowest BCUT2D eigenvalue weighted by Crippen LogP contribution is -2.14. The van der Waals surface area contributed by atoms with E-state index in [2.05, 4.69) is 15.3 Å². The molecule has 0 spiro atoms. The molecule has 0 radical (unpaired) electrons. The number of rotatable bonds is 6. The van der Waals surface area contributed by atoms with Crippen LogP contribution >= 0.6 is 0 Å². The fraction of sp³-hybridized carbons (Fsp3) is 0. The van der Waals surface area contributed by atoms with E-state index >= 15 is 0 Å². The zero-order valence-electron chi connectivity index (χ0n) is 15.1. The van der Waals surface area contributed by atoms with Gasteiger partial charge in [-0.15, -0.1) is 10.2 Å². The Hall–Kier alpha value is -3.66. The van der Waals surface area contributed by atoms with E-state index in [1.54, 1.807) is 0 Å². The minimum absolute atomic E-state index is 0.0136. The van der Waals surface area contributed by atoms with E-state index in [1.165, 1.54) is 18.2 Å². The van der Waals surface area contributed by atoms with E-state index in [4.69, 9.17) is 4.55 Å². The average Bonchev–Trinajstić information content (AvgIpc) is 3.02. The van der Waals surface area contributed by atoms with Gasteiger partial charge in [0.2, 0.25) is 0 Å². The number of carbonyl (C=O) groups is 1. The van der Waals surface area contributed by atoms with Crippen LogP contribution in [-0.4, -0.2) is 46.8 Å². The third-order valence-corrected chi connectivity index (χ3v) is 5.64. The lowest BCUT2D eigenvalue weighted by molar-refractivity contribution is 0.0690. The Morgan fingerprint density at radius 3 is 2.06 bits per heavy atom. The van der Waals surface area contributed by atoms with Gasteiger partial charge in [-0.1, -0.05) is 12.1 Å². The molecule has 13 nitrogen and oxygen atoms in total. The Kier molecular flexibility index (Phi) is 5.60. The number of nitrogens with one attached hydrogen (secondary N) is 1. The van der Waals surface area contributed by atoms with Gasteiger partial charge in [0, 0.05) is 0 Å². The van der Waals surface area contributed by atoms with Gasteiger partial charge in [-0.25, -0.2) is 9.48 Å². The summed E-state index contributed by atoms with van der Waals surface area (Å²) in [4.78, 5) is 23.1. The summed E-state index contributed by atoms with van der Waals surface area (Å²) in [6.45, 7) is 0. The van der Waals surface area contributed by atoms with Crippen LogP contribution in [0.25, 0.3) is 5.69 Å². The third-order valence-electron chi connectivity index (χ3n) is 3.87. The van der Waals surface area contributed by atoms with Gasteiger partial charge in [0.25, 0.3) is 25.8 Å². The van der Waals surface area contributed by atoms with Crippen LogP contribution in [0.1, 0.15) is 10.5 Å². The maximum Gasteiger partial charge on any atom is 0.356 e. The Balaban J connectivity index is 2.12. The number of carboxylic acid groups (broad SMARTS) is 1. The first kappa shape index (κ1) is 22.0. The molecule has 0 atom stereocenters. The van der Waals surface area contributed by atoms with Crippen molar-refractivity contribution in [1.29, 1.82) is 0 Å². The standard InChI is InChI=1S/C16H12N4O9S2/c21-15-13(18-17-11-3-1-2-4-12(11)31(27,28)29)14(16(22)23)19-20(15)9-5-7-10(8-6-9)30(24,25)26/h1-8,19H,(H,22,23)(H,24,25,26)(H,27,28,29). The van der Waals surface area contributed by atoms with Crippen molar-refractivity contribution in [2.45, 2.75) is 9.79 Å². The van der Waals surface area contributed by atoms with Crippen molar-refractivity contribution in [3.63, 3.8) is 0 Å². The number of nitrogens with zero attached hydrogens (tertiary/aromatic N) is 3. The van der Waals surface area contributed by atoms with Crippen LogP contribution in [0.15, 0.2) is 73.3 Å². The topological polar surface area (TPSA) is 209 Å². The first-order valence-electron chi connectivity index (χ1n) is 8.04. The Morgan fingerprint density at radius 1 is 0.903 bits per heavy atom. The number of carboxylic acids is 1. The summed E-state index contributed by atoms with van der Waals surface area (Å²) in [6.07, 6.45) is 0. The molecule has 15 heteroatoms. The zero-order chi connectivity index (χ0) is 23.0. The highest BCUT2D eigenvalue weighted by Gasteiger charge is 2.22. The largest absolute Gasteiger partial charge is 0.476 e. The van der Waals surface area contributed by atoms with E-state index in [1.807, 2.05) is 0 Å². The van der Waals surface area contributed by atoms with Crippen LogP contribution < -0.4 is 5.56 Å². The van der Waals surface area contributed by atoms with Crippen molar-refractivity contribution in [2.75, 3.05) is 0 Å². The van der Waals surface area contributed by atoms with Crippen molar-refractivity contribution in [3.05, 3.63) is 64.6 Å². The monoisotopic (exact) mass is 468 g/mol. The molecule has 1 aromatic heterocycles. The summed E-state index contributed by atoms with van der Waals surface area (Å²) in [7, 11) is -9.14. The number of aromatic carboxylic acids is 1. The minimum Gasteiger partial charge on any atom is -0.476 e. The number of azo groups is 1. The molecule has 0 amide bonds. The molecule has 0 saturated heterocycles. The zero-order valence-corrected chi connectivity index (χ0v) is 16.7. The fourth-order valence-electron chi connectivity index (χ4n) is 2.48. The van der Waals surface area contributed by atoms with Crippen LogP contribution in [0.3, 0.4) is 0 Å². The molecular formula is C16H12N4O9S2. The third kappa shape index (κ3) is 4.58. The number of hydrogen-bond donors (Lipinski definition) is 4. The van der Waals surface area contributed by atoms with E-state index in [0.717, 1.165) is 35.0 Å². The summed E-state index contributed by atoms with van der Waals surface area (Å²) in [5, 5.41) is 18.7. The van der Waals surface area contributed by atoms with Gasteiger partial charge >= 0.3 is 5.97 Å². The second-order valence-corrected chi connectivity index (χ2v) is 8.70. The maximum atomic E-state index is 12.7. The molecule has 162 valence electrons. The van der Waals surface area contributed by atoms with Crippen molar-refractivity contribution in [2.24, 2.45) is 10.2 Å². The van der Waals surface area contributed by atoms with Gasteiger partial charge in [-0.3, -0.25) is 19.0 Å². The molecule has 0 aliphatic heterocycles. The highest BCUT2D eigenvalue weighted by Crippen LogP contribution is 2.26. The molecule has 0 unspecified atom stereocenters. The second kappa shape index (κ2) is 7.88. The Morgan fingerprint density at radius 2 is 1.52 bits per heavy atom. The molecule has 3 rings (SSSR count). The van der Waals surface area contributed by atoms with Crippen molar-refractivity contribution in [1.82, 2.24) is 9.78 Å². The maximum absolute atomic E-state index is 12.7. The molecule has 2 aromatic carbocycles. The molecule has 0 bridgehead atoms. The van der Waals surface area contributed by atoms with Gasteiger partial charge in [0.05, 0.1) is 10.6 Å². The highest BCUT2D eigenvalue weighted by molar-refractivity contribution is 7.86. The quantitative estimate of drug-likeness (QED) is 0.306. The number of H-pyrrole nitrogens is 1. The molecule has 4 N–H and O–H groups in total. The number of aromatic amines is 1. The number of hydrogen-bond acceptors (Lipinski definition) is 8. The molecule has 0 saturated carbocycles. The number of benzene rings is 2. The molecule has 1 heterocycles. The van der Waals surface area contributed by atoms with Crippen molar-refractivity contribution in [3.8, 4) is 5.69 Å². The van der Waals surface area contributed by atoms with Crippen LogP contribution in [0.5, 0.6) is 0 Å². The highest BCUT2D eigenvalue weighted by atomic mass is 32.2. The molecule has 0 aliphatic rings. The van der Waals surface area contributed by atoms with Crippen molar-refractivity contribution < 1.29 is 35.8 Å². The summed E-state index contributed by atoms with van der Waals surface area (Å²) >= 11 is 0. The van der Waals surface area contributed by atoms with E-state index < -0.39 is 52.9 Å². The first-order valence-corrected chi connectivity index (χ1v) is 10.9. The molecule has 31 heavy (non-hydrogen) atoms. The predicted molar refractivity (Wildman–Crippen MR) is 104 cm³/mol. The van der Waals surface area contributed by atoms with E-state index in [0.29, 0.717) is 0 Å². The molecule has 0 fully saturated rings. The summed E-state index contributed by atoms with van der Waals surface area (Å²) < 4.78 is 64.1. The first-order chi connectivity index (χ1) is 14.4. The van der Waals surface area contributed by atoms with Gasteiger partial charge in [-0.05, 0) is 36.4 Å². The van der Waals surface area contributed by atoms with E-state index in [9.17, 15) is 36.1 Å². The smallest absolute Gasteiger partial charge is 0.356 e. The minimum atomic E-state index is -4.66. The normalized spacial score (nSPS) is 12.3. The SMILES string of the molecule is O=C(O)c1[nH]n(-c2ccc(S(=O)(=O)O)cc2)c(=O)c1N=Nc1ccccc1S(=O)(=O)O.